The molecule has 0 fully saturated rings. The molecular weight excluding hydrogens is 382 g/mol. The molecule has 0 heterocycles. The third kappa shape index (κ3) is 4.30. The third-order valence-electron chi connectivity index (χ3n) is 2.86. The van der Waals surface area contributed by atoms with Crippen molar-refractivity contribution in [2.75, 3.05) is 0 Å². The SMILES string of the molecule is O=S(=O)([O-])c1cccc(O)c1Cc1ccc(Cl)c(Cl)c1Cl.[Na+]. The van der Waals surface area contributed by atoms with Crippen LogP contribution in [0.2, 0.25) is 15.1 Å². The molecule has 0 aliphatic rings. The minimum absolute atomic E-state index is 0. The standard InChI is InChI=1S/C13H9Cl3O4S.Na/c14-9-5-4-7(12(15)13(9)16)6-8-10(17)2-1-3-11(8)21(18,19)20;/h1-5,17H,6H2,(H,18,19,20);/q;+1/p-1. The monoisotopic (exact) mass is 388 g/mol. The zero-order chi connectivity index (χ0) is 15.8. The number of phenols is 1. The fourth-order valence-corrected chi connectivity index (χ4v) is 3.20. The maximum Gasteiger partial charge on any atom is 1.00 e. The van der Waals surface area contributed by atoms with Crippen molar-refractivity contribution in [3.05, 3.63) is 56.5 Å². The van der Waals surface area contributed by atoms with Gasteiger partial charge in [0.1, 0.15) is 15.9 Å². The summed E-state index contributed by atoms with van der Waals surface area (Å²) in [4.78, 5) is -0.496. The summed E-state index contributed by atoms with van der Waals surface area (Å²) in [5.74, 6) is -0.311. The van der Waals surface area contributed by atoms with Gasteiger partial charge in [-0.25, -0.2) is 8.42 Å². The van der Waals surface area contributed by atoms with Crippen molar-refractivity contribution in [1.29, 1.82) is 0 Å². The topological polar surface area (TPSA) is 77.4 Å². The fourth-order valence-electron chi connectivity index (χ4n) is 1.86. The molecule has 9 heteroatoms. The molecule has 0 saturated heterocycles. The smallest absolute Gasteiger partial charge is 0.744 e. The Morgan fingerprint density at radius 1 is 1.05 bits per heavy atom. The first-order valence-corrected chi connectivity index (χ1v) is 8.15. The number of benzene rings is 2. The molecule has 0 aliphatic carbocycles. The Balaban J connectivity index is 0.00000242. The van der Waals surface area contributed by atoms with Gasteiger partial charge in [-0.15, -0.1) is 0 Å². The van der Waals surface area contributed by atoms with Gasteiger partial charge in [-0.3, -0.25) is 0 Å². The molecule has 112 valence electrons. The van der Waals surface area contributed by atoms with E-state index < -0.39 is 15.0 Å². The number of rotatable bonds is 3. The molecule has 2 aromatic carbocycles. The van der Waals surface area contributed by atoms with Crippen LogP contribution in [-0.4, -0.2) is 18.1 Å². The number of hydrogen-bond donors (Lipinski definition) is 1. The first-order valence-electron chi connectivity index (χ1n) is 5.61. The Morgan fingerprint density at radius 2 is 1.68 bits per heavy atom. The minimum Gasteiger partial charge on any atom is -0.744 e. The van der Waals surface area contributed by atoms with Crippen molar-refractivity contribution >= 4 is 44.9 Å². The summed E-state index contributed by atoms with van der Waals surface area (Å²) in [5, 5.41) is 10.3. The molecule has 0 radical (unpaired) electrons. The van der Waals surface area contributed by atoms with Crippen molar-refractivity contribution in [3.63, 3.8) is 0 Å². The van der Waals surface area contributed by atoms with Crippen molar-refractivity contribution < 1.29 is 47.6 Å². The molecular formula is C13H8Cl3NaO4S. The minimum atomic E-state index is -4.72. The van der Waals surface area contributed by atoms with Crippen molar-refractivity contribution in [3.8, 4) is 5.75 Å². The molecule has 0 aromatic heterocycles. The molecule has 0 unspecified atom stereocenters. The normalized spacial score (nSPS) is 11.1. The van der Waals surface area contributed by atoms with E-state index in [0.29, 0.717) is 5.56 Å². The maximum absolute atomic E-state index is 11.3. The van der Waals surface area contributed by atoms with Crippen LogP contribution in [0.5, 0.6) is 5.75 Å². The van der Waals surface area contributed by atoms with Gasteiger partial charge in [-0.1, -0.05) is 46.9 Å². The van der Waals surface area contributed by atoms with Gasteiger partial charge in [0.15, 0.2) is 0 Å². The van der Waals surface area contributed by atoms with Gasteiger partial charge in [-0.2, -0.15) is 0 Å². The molecule has 0 aliphatic heterocycles. The van der Waals surface area contributed by atoms with E-state index in [1.54, 1.807) is 6.07 Å². The van der Waals surface area contributed by atoms with Crippen LogP contribution in [0.15, 0.2) is 35.2 Å². The summed E-state index contributed by atoms with van der Waals surface area (Å²) >= 11 is 17.8. The van der Waals surface area contributed by atoms with Crippen LogP contribution in [0, 0.1) is 0 Å². The summed E-state index contributed by atoms with van der Waals surface area (Å²) in [5.41, 5.74) is 0.408. The molecule has 0 atom stereocenters. The molecule has 0 amide bonds. The largest absolute Gasteiger partial charge is 1.00 e. The van der Waals surface area contributed by atoms with E-state index in [1.807, 2.05) is 0 Å². The Labute approximate surface area is 165 Å². The van der Waals surface area contributed by atoms with E-state index in [0.717, 1.165) is 6.07 Å². The van der Waals surface area contributed by atoms with E-state index in [1.165, 1.54) is 18.2 Å². The van der Waals surface area contributed by atoms with Crippen molar-refractivity contribution in [1.82, 2.24) is 0 Å². The van der Waals surface area contributed by atoms with Crippen LogP contribution in [0.3, 0.4) is 0 Å². The first kappa shape index (κ1) is 20.1. The fraction of sp³-hybridized carbons (Fsp3) is 0.0769. The molecule has 4 nitrogen and oxygen atoms in total. The van der Waals surface area contributed by atoms with Crippen LogP contribution >= 0.6 is 34.8 Å². The zero-order valence-corrected chi connectivity index (χ0v) is 16.4. The predicted octanol–water partition coefficient (Wildman–Crippen LogP) is 0.851. The average molecular weight is 390 g/mol. The van der Waals surface area contributed by atoms with Gasteiger partial charge in [-0.05, 0) is 23.8 Å². The summed E-state index contributed by atoms with van der Waals surface area (Å²) in [6.45, 7) is 0. The van der Waals surface area contributed by atoms with E-state index in [2.05, 4.69) is 0 Å². The number of halogens is 3. The van der Waals surface area contributed by atoms with Crippen LogP contribution in [0.1, 0.15) is 11.1 Å². The first-order chi connectivity index (χ1) is 9.71. The van der Waals surface area contributed by atoms with Gasteiger partial charge in [0.25, 0.3) is 0 Å². The third-order valence-corrected chi connectivity index (χ3v) is 5.11. The quantitative estimate of drug-likeness (QED) is 0.480. The Hall–Kier alpha value is 0.0200. The second-order valence-corrected chi connectivity index (χ2v) is 6.73. The molecule has 0 saturated carbocycles. The Kier molecular flexibility index (Phi) is 7.05. The van der Waals surface area contributed by atoms with Gasteiger partial charge in [0, 0.05) is 12.0 Å². The molecule has 1 N–H and O–H groups in total. The summed E-state index contributed by atoms with van der Waals surface area (Å²) in [6.07, 6.45) is -0.0702. The van der Waals surface area contributed by atoms with Gasteiger partial charge < -0.3 is 9.66 Å². The van der Waals surface area contributed by atoms with E-state index in [9.17, 15) is 18.1 Å². The van der Waals surface area contributed by atoms with E-state index in [-0.39, 0.29) is 62.4 Å². The average Bonchev–Trinajstić information content (AvgIpc) is 2.40. The Bertz CT molecular complexity index is 809. The number of phenolic OH excluding ortho intramolecular Hbond substituents is 1. The van der Waals surface area contributed by atoms with Crippen molar-refractivity contribution in [2.45, 2.75) is 11.3 Å². The summed E-state index contributed by atoms with van der Waals surface area (Å²) in [7, 11) is -4.72. The van der Waals surface area contributed by atoms with E-state index in [4.69, 9.17) is 34.8 Å². The van der Waals surface area contributed by atoms with Crippen LogP contribution in [0.4, 0.5) is 0 Å². The van der Waals surface area contributed by atoms with Gasteiger partial charge >= 0.3 is 29.6 Å². The molecule has 0 spiro atoms. The summed E-state index contributed by atoms with van der Waals surface area (Å²) in [6, 6.07) is 6.74. The second kappa shape index (κ2) is 7.73. The second-order valence-electron chi connectivity index (χ2n) is 4.22. The Morgan fingerprint density at radius 3 is 2.27 bits per heavy atom. The summed E-state index contributed by atoms with van der Waals surface area (Å²) < 4.78 is 33.8. The maximum atomic E-state index is 11.3. The van der Waals surface area contributed by atoms with Gasteiger partial charge in [0.05, 0.1) is 20.0 Å². The number of hydrogen-bond acceptors (Lipinski definition) is 4. The predicted molar refractivity (Wildman–Crippen MR) is 80.3 cm³/mol. The number of aromatic hydroxyl groups is 1. The van der Waals surface area contributed by atoms with Crippen molar-refractivity contribution in [2.24, 2.45) is 0 Å². The van der Waals surface area contributed by atoms with Gasteiger partial charge in [0.2, 0.25) is 0 Å². The molecule has 0 bridgehead atoms. The van der Waals surface area contributed by atoms with Crippen LogP contribution < -0.4 is 29.6 Å². The van der Waals surface area contributed by atoms with E-state index >= 15 is 0 Å². The molecule has 2 aromatic rings. The zero-order valence-electron chi connectivity index (χ0n) is 11.3. The molecule has 2 rings (SSSR count). The van der Waals surface area contributed by atoms with Crippen LogP contribution in [-0.2, 0) is 16.5 Å². The molecule has 22 heavy (non-hydrogen) atoms. The van der Waals surface area contributed by atoms with Crippen LogP contribution in [0.25, 0.3) is 0 Å².